The van der Waals surface area contributed by atoms with Gasteiger partial charge in [-0.25, -0.2) is 0 Å². The van der Waals surface area contributed by atoms with Crippen LogP contribution in [0, 0.1) is 37.0 Å². The van der Waals surface area contributed by atoms with Gasteiger partial charge in [0.1, 0.15) is 0 Å². The van der Waals surface area contributed by atoms with Gasteiger partial charge in [-0.15, -0.1) is 0 Å². The summed E-state index contributed by atoms with van der Waals surface area (Å²) in [6.07, 6.45) is 0. The first-order valence-electron chi connectivity index (χ1n) is 4.82. The third-order valence-corrected chi connectivity index (χ3v) is 4.15. The van der Waals surface area contributed by atoms with Crippen molar-refractivity contribution in [3.63, 3.8) is 0 Å². The first-order valence-corrected chi connectivity index (χ1v) is 9.30. The van der Waals surface area contributed by atoms with Crippen molar-refractivity contribution in [3.05, 3.63) is 7.43 Å². The summed E-state index contributed by atoms with van der Waals surface area (Å²) in [5.41, 5.74) is 0. The Hall–Kier alpha value is 1.20. The average molecular weight is 327 g/mol. The Kier molecular flexibility index (Phi) is 10.5. The molecule has 0 unspecified atom stereocenters. The van der Waals surface area contributed by atoms with Crippen molar-refractivity contribution < 1.29 is 15.1 Å². The van der Waals surface area contributed by atoms with Gasteiger partial charge in [0, 0.05) is 0 Å². The van der Waals surface area contributed by atoms with Crippen LogP contribution in [-0.4, -0.2) is 0 Å². The van der Waals surface area contributed by atoms with Crippen LogP contribution in [0.15, 0.2) is 0 Å². The molecule has 3 heteroatoms. The molecule has 0 heterocycles. The topological polar surface area (TPSA) is 0 Å². The Morgan fingerprint density at radius 2 is 0.714 bits per heavy atom. The quantitative estimate of drug-likeness (QED) is 0.433. The van der Waals surface area contributed by atoms with E-state index >= 15 is 0 Å². The minimum absolute atomic E-state index is 0. The van der Waals surface area contributed by atoms with Crippen LogP contribution >= 0.6 is 19.4 Å². The summed E-state index contributed by atoms with van der Waals surface area (Å²) in [5, 5.41) is 0. The SMILES string of the molecule is CC1C(C)C(C)C(C)C1C.[CH3-].[Cl][Ru][Cl]. The molecule has 0 amide bonds. The molecule has 90 valence electrons. The van der Waals surface area contributed by atoms with E-state index < -0.39 is 0 Å². The van der Waals surface area contributed by atoms with Crippen LogP contribution in [0.1, 0.15) is 34.6 Å². The normalized spacial score (nSPS) is 41.2. The number of halogens is 2. The maximum atomic E-state index is 4.85. The van der Waals surface area contributed by atoms with Crippen LogP contribution in [0.5, 0.6) is 0 Å². The molecule has 0 radical (unpaired) electrons. The second kappa shape index (κ2) is 8.37. The zero-order chi connectivity index (χ0) is 10.6. The molecule has 0 aromatic rings. The van der Waals surface area contributed by atoms with E-state index in [0.29, 0.717) is 0 Å². The Bertz CT molecular complexity index is 96.4. The van der Waals surface area contributed by atoms with Crippen molar-refractivity contribution in [1.82, 2.24) is 0 Å². The summed E-state index contributed by atoms with van der Waals surface area (Å²) in [6.45, 7) is 12.0. The van der Waals surface area contributed by atoms with Crippen LogP contribution in [0.3, 0.4) is 0 Å². The van der Waals surface area contributed by atoms with Crippen LogP contribution in [0.2, 0.25) is 0 Å². The summed E-state index contributed by atoms with van der Waals surface area (Å²) in [4.78, 5) is 0. The number of rotatable bonds is 0. The van der Waals surface area contributed by atoms with Crippen LogP contribution in [-0.2, 0) is 15.1 Å². The van der Waals surface area contributed by atoms with Gasteiger partial charge in [0.15, 0.2) is 0 Å². The molecule has 1 rings (SSSR count). The molecule has 1 saturated carbocycles. The summed E-state index contributed by atoms with van der Waals surface area (Å²) < 4.78 is 0. The van der Waals surface area contributed by atoms with E-state index in [-0.39, 0.29) is 22.6 Å². The van der Waals surface area contributed by atoms with Gasteiger partial charge in [0.25, 0.3) is 0 Å². The summed E-state index contributed by atoms with van der Waals surface area (Å²) in [5.74, 6) is 4.68. The Balaban J connectivity index is 0. The van der Waals surface area contributed by atoms with Crippen molar-refractivity contribution in [2.24, 2.45) is 29.6 Å². The maximum absolute atomic E-state index is 4.85. The van der Waals surface area contributed by atoms with Crippen molar-refractivity contribution in [1.29, 1.82) is 0 Å². The molecule has 14 heavy (non-hydrogen) atoms. The van der Waals surface area contributed by atoms with Crippen LogP contribution in [0.4, 0.5) is 0 Å². The van der Waals surface area contributed by atoms with Gasteiger partial charge >= 0.3 is 34.5 Å². The van der Waals surface area contributed by atoms with Crippen LogP contribution in [0.25, 0.3) is 0 Å². The third-order valence-electron chi connectivity index (χ3n) is 4.15. The van der Waals surface area contributed by atoms with Gasteiger partial charge in [-0.2, -0.15) is 0 Å². The van der Waals surface area contributed by atoms with Gasteiger partial charge < -0.3 is 7.43 Å². The molecule has 0 bridgehead atoms. The molecule has 0 aliphatic heterocycles. The second-order valence-electron chi connectivity index (χ2n) is 4.35. The summed E-state index contributed by atoms with van der Waals surface area (Å²) >= 11 is -0.346. The van der Waals surface area contributed by atoms with Crippen molar-refractivity contribution in [3.8, 4) is 0 Å². The molecule has 0 aromatic heterocycles. The average Bonchev–Trinajstić information content (AvgIpc) is 2.25. The molecular formula is C11H23Cl2Ru-. The fraction of sp³-hybridized carbons (Fsp3) is 0.909. The molecule has 0 saturated heterocycles. The molecule has 0 N–H and O–H groups in total. The molecule has 1 aliphatic rings. The first-order chi connectivity index (χ1) is 5.97. The van der Waals surface area contributed by atoms with E-state index in [1.807, 2.05) is 0 Å². The minimum atomic E-state index is -0.346. The Morgan fingerprint density at radius 1 is 0.643 bits per heavy atom. The predicted octanol–water partition coefficient (Wildman–Crippen LogP) is 5.01. The summed E-state index contributed by atoms with van der Waals surface area (Å²) in [7, 11) is 9.71. The van der Waals surface area contributed by atoms with Crippen molar-refractivity contribution in [2.45, 2.75) is 34.6 Å². The predicted molar refractivity (Wildman–Crippen MR) is 63.9 cm³/mol. The molecule has 1 fully saturated rings. The van der Waals surface area contributed by atoms with E-state index in [9.17, 15) is 0 Å². The van der Waals surface area contributed by atoms with Gasteiger partial charge in [0.2, 0.25) is 0 Å². The Labute approximate surface area is 106 Å². The zero-order valence-electron chi connectivity index (χ0n) is 10.00. The third kappa shape index (κ3) is 4.37. The zero-order valence-corrected chi connectivity index (χ0v) is 13.2. The van der Waals surface area contributed by atoms with Gasteiger partial charge in [-0.3, -0.25) is 0 Å². The van der Waals surface area contributed by atoms with E-state index in [2.05, 4.69) is 34.6 Å². The van der Waals surface area contributed by atoms with Crippen LogP contribution < -0.4 is 0 Å². The summed E-state index contributed by atoms with van der Waals surface area (Å²) in [6, 6.07) is 0. The molecule has 0 aromatic carbocycles. The number of hydrogen-bond donors (Lipinski definition) is 0. The molecule has 0 atom stereocenters. The van der Waals surface area contributed by atoms with Gasteiger partial charge in [-0.05, 0) is 29.6 Å². The first kappa shape index (κ1) is 17.6. The fourth-order valence-corrected chi connectivity index (χ4v) is 2.39. The van der Waals surface area contributed by atoms with Crippen molar-refractivity contribution in [2.75, 3.05) is 0 Å². The van der Waals surface area contributed by atoms with E-state index in [0.717, 1.165) is 29.6 Å². The number of hydrogen-bond acceptors (Lipinski definition) is 0. The van der Waals surface area contributed by atoms with E-state index in [1.54, 1.807) is 0 Å². The Morgan fingerprint density at radius 3 is 0.786 bits per heavy atom. The molecule has 0 spiro atoms. The van der Waals surface area contributed by atoms with E-state index in [4.69, 9.17) is 19.4 Å². The fourth-order valence-electron chi connectivity index (χ4n) is 2.39. The van der Waals surface area contributed by atoms with Crippen molar-refractivity contribution >= 4 is 19.4 Å². The van der Waals surface area contributed by atoms with E-state index in [1.165, 1.54) is 0 Å². The monoisotopic (exact) mass is 327 g/mol. The molecule has 1 aliphatic carbocycles. The standard InChI is InChI=1S/C10H20.CH3.2ClH.Ru/c1-6-7(2)9(4)10(5)8(6)3;;;;/h6-10H,1-5H3;1H3;2*1H;/q;-1;;;+2/p-2. The van der Waals surface area contributed by atoms with Gasteiger partial charge in [0.05, 0.1) is 0 Å². The molecule has 0 nitrogen and oxygen atoms in total. The van der Waals surface area contributed by atoms with Gasteiger partial charge in [-0.1, -0.05) is 34.6 Å². The molecular weight excluding hydrogens is 304 g/mol. The second-order valence-corrected chi connectivity index (χ2v) is 6.98.